The van der Waals surface area contributed by atoms with Crippen molar-refractivity contribution in [1.82, 2.24) is 0 Å². The van der Waals surface area contributed by atoms with Gasteiger partial charge in [0.05, 0.1) is 0 Å². The molecule has 1 atom stereocenters. The molecule has 0 bridgehead atoms. The molecular weight excluding hydrogens is 106 g/mol. The van der Waals surface area contributed by atoms with Crippen molar-refractivity contribution in [2.24, 2.45) is 10.2 Å². The van der Waals surface area contributed by atoms with Crippen molar-refractivity contribution < 1.29 is 4.86 Å². The Bertz CT molecular complexity index is 159. The van der Waals surface area contributed by atoms with Crippen molar-refractivity contribution in [3.63, 3.8) is 0 Å². The minimum atomic E-state index is -0.855. The Balaban J connectivity index is 2.84. The van der Waals surface area contributed by atoms with E-state index >= 15 is 0 Å². The molecule has 1 aliphatic rings. The Morgan fingerprint density at radius 3 is 2.50 bits per heavy atom. The lowest BCUT2D eigenvalue weighted by Crippen LogP contribution is -2.20. The lowest BCUT2D eigenvalue weighted by molar-refractivity contribution is -0.871. The lowest BCUT2D eigenvalue weighted by atomic mass is 10.5. The smallest absolute Gasteiger partial charge is 0.120 e. The van der Waals surface area contributed by atoms with Crippen molar-refractivity contribution in [2.75, 3.05) is 7.05 Å². The second-order valence-corrected chi connectivity index (χ2v) is 1.82. The normalized spacial score (nSPS) is 35.6. The zero-order valence-corrected chi connectivity index (χ0v) is 4.83. The molecule has 1 aliphatic heterocycles. The Kier molecular flexibility index (Phi) is 0.922. The van der Waals surface area contributed by atoms with Gasteiger partial charge in [-0.1, -0.05) is 10.2 Å². The summed E-state index contributed by atoms with van der Waals surface area (Å²) in [5.41, 5.74) is 0.683. The molecule has 4 nitrogen and oxygen atoms in total. The average Bonchev–Trinajstić information content (AvgIpc) is 1.82. The van der Waals surface area contributed by atoms with Gasteiger partial charge in [0.2, 0.25) is 0 Å². The zero-order chi connectivity index (χ0) is 6.20. The van der Waals surface area contributed by atoms with Gasteiger partial charge in [-0.3, -0.25) is 0 Å². The van der Waals surface area contributed by atoms with Gasteiger partial charge < -0.3 is 5.21 Å². The molecular formula is C4H7N3O. The largest absolute Gasteiger partial charge is 0.577 e. The molecule has 0 amide bonds. The molecule has 0 saturated heterocycles. The molecule has 8 heavy (non-hydrogen) atoms. The summed E-state index contributed by atoms with van der Waals surface area (Å²) in [6.07, 6.45) is 1.47. The molecule has 4 heteroatoms. The highest BCUT2D eigenvalue weighted by atomic mass is 16.6. The number of rotatable bonds is 0. The number of hydroxylamine groups is 1. The molecule has 0 radical (unpaired) electrons. The minimum Gasteiger partial charge on any atom is -0.577 e. The first-order chi connectivity index (χ1) is 3.60. The summed E-state index contributed by atoms with van der Waals surface area (Å²) >= 11 is 0. The maximum absolute atomic E-state index is 10.7. The van der Waals surface area contributed by atoms with E-state index in [2.05, 4.69) is 10.2 Å². The molecule has 0 aromatic carbocycles. The van der Waals surface area contributed by atoms with Crippen LogP contribution in [0.4, 0.5) is 0 Å². The molecule has 1 unspecified atom stereocenters. The van der Waals surface area contributed by atoms with E-state index in [1.807, 2.05) is 0 Å². The summed E-state index contributed by atoms with van der Waals surface area (Å²) in [6, 6.07) is 0. The van der Waals surface area contributed by atoms with Crippen molar-refractivity contribution in [3.8, 4) is 0 Å². The number of nitrogens with zero attached hydrogens (tertiary/aromatic N) is 3. The second-order valence-electron chi connectivity index (χ2n) is 1.82. The third kappa shape index (κ3) is 0.907. The summed E-state index contributed by atoms with van der Waals surface area (Å²) in [5.74, 6) is 0. The third-order valence-corrected chi connectivity index (χ3v) is 0.802. The molecule has 0 fully saturated rings. The van der Waals surface area contributed by atoms with Crippen molar-refractivity contribution >= 4 is 11.9 Å². The predicted octanol–water partition coefficient (Wildman–Crippen LogP) is 0.306. The van der Waals surface area contributed by atoms with E-state index < -0.39 is 4.86 Å². The average molecular weight is 113 g/mol. The van der Waals surface area contributed by atoms with Gasteiger partial charge in [-0.05, 0) is 6.92 Å². The van der Waals surface area contributed by atoms with Crippen LogP contribution >= 0.6 is 0 Å². The molecule has 0 spiro atoms. The highest BCUT2D eigenvalue weighted by molar-refractivity contribution is 6.29. The van der Waals surface area contributed by atoms with E-state index in [1.165, 1.54) is 13.3 Å². The van der Waals surface area contributed by atoms with Crippen LogP contribution < -0.4 is 0 Å². The number of quaternary nitrogens is 1. The van der Waals surface area contributed by atoms with Gasteiger partial charge in [0, 0.05) is 0 Å². The summed E-state index contributed by atoms with van der Waals surface area (Å²) in [5, 5.41) is 17.8. The van der Waals surface area contributed by atoms with Crippen LogP contribution in [-0.2, 0) is 0 Å². The van der Waals surface area contributed by atoms with Crippen LogP contribution in [0.15, 0.2) is 10.2 Å². The van der Waals surface area contributed by atoms with Crippen LogP contribution in [0.1, 0.15) is 6.92 Å². The predicted molar refractivity (Wildman–Crippen MR) is 31.2 cm³/mol. The van der Waals surface area contributed by atoms with Crippen LogP contribution in [0, 0.1) is 5.21 Å². The van der Waals surface area contributed by atoms with E-state index in [4.69, 9.17) is 0 Å². The van der Waals surface area contributed by atoms with Crippen LogP contribution in [0.2, 0.25) is 0 Å². The number of hydrogen-bond acceptors (Lipinski definition) is 3. The summed E-state index contributed by atoms with van der Waals surface area (Å²) in [4.78, 5) is -0.855. The quantitative estimate of drug-likeness (QED) is 0.329. The molecule has 0 aliphatic carbocycles. The molecule has 0 saturated carbocycles. The first-order valence-electron chi connectivity index (χ1n) is 2.30. The van der Waals surface area contributed by atoms with Gasteiger partial charge >= 0.3 is 0 Å². The first-order valence-corrected chi connectivity index (χ1v) is 2.30. The van der Waals surface area contributed by atoms with Crippen molar-refractivity contribution in [3.05, 3.63) is 5.21 Å². The maximum Gasteiger partial charge on any atom is 0.120 e. The Labute approximate surface area is 47.3 Å². The van der Waals surface area contributed by atoms with E-state index in [9.17, 15) is 5.21 Å². The monoisotopic (exact) mass is 113 g/mol. The highest BCUT2D eigenvalue weighted by Gasteiger charge is 2.11. The zero-order valence-electron chi connectivity index (χ0n) is 4.83. The summed E-state index contributed by atoms with van der Waals surface area (Å²) in [6.45, 7) is 1.74. The van der Waals surface area contributed by atoms with Gasteiger partial charge in [0.15, 0.2) is 0 Å². The SMILES string of the molecule is CC1=N[N+](C)([O-])N=C1. The van der Waals surface area contributed by atoms with Crippen LogP contribution in [-0.4, -0.2) is 23.8 Å². The van der Waals surface area contributed by atoms with E-state index in [0.717, 1.165) is 0 Å². The van der Waals surface area contributed by atoms with Crippen LogP contribution in [0.3, 0.4) is 0 Å². The fourth-order valence-corrected chi connectivity index (χ4v) is 0.535. The van der Waals surface area contributed by atoms with Crippen molar-refractivity contribution in [1.29, 1.82) is 0 Å². The van der Waals surface area contributed by atoms with E-state index in [1.54, 1.807) is 6.92 Å². The van der Waals surface area contributed by atoms with E-state index in [0.29, 0.717) is 5.71 Å². The van der Waals surface area contributed by atoms with Gasteiger partial charge in [0.1, 0.15) is 19.0 Å². The summed E-state index contributed by atoms with van der Waals surface area (Å²) in [7, 11) is 1.37. The topological polar surface area (TPSA) is 47.8 Å². The highest BCUT2D eigenvalue weighted by Crippen LogP contribution is 2.05. The lowest BCUT2D eigenvalue weighted by Gasteiger charge is -2.18. The van der Waals surface area contributed by atoms with E-state index in [-0.39, 0.29) is 0 Å². The third-order valence-electron chi connectivity index (χ3n) is 0.802. The Hall–Kier alpha value is -0.740. The molecule has 44 valence electrons. The fraction of sp³-hybridized carbons (Fsp3) is 0.500. The van der Waals surface area contributed by atoms with Gasteiger partial charge in [-0.15, -0.1) is 4.86 Å². The van der Waals surface area contributed by atoms with Crippen molar-refractivity contribution in [2.45, 2.75) is 6.92 Å². The van der Waals surface area contributed by atoms with Crippen LogP contribution in [0.5, 0.6) is 0 Å². The first kappa shape index (κ1) is 5.40. The second kappa shape index (κ2) is 1.37. The summed E-state index contributed by atoms with van der Waals surface area (Å²) < 4.78 is 0. The molecule has 0 aromatic heterocycles. The number of hydrogen-bond donors (Lipinski definition) is 0. The van der Waals surface area contributed by atoms with Gasteiger partial charge in [-0.25, -0.2) is 0 Å². The molecule has 0 aromatic rings. The standard InChI is InChI=1S/C4H7N3O/c1-4-3-5-7(2,8)6-4/h3H,1-2H3. The van der Waals surface area contributed by atoms with Gasteiger partial charge in [-0.2, -0.15) is 0 Å². The fourth-order valence-electron chi connectivity index (χ4n) is 0.535. The van der Waals surface area contributed by atoms with Gasteiger partial charge in [0.25, 0.3) is 0 Å². The van der Waals surface area contributed by atoms with Crippen LogP contribution in [0.25, 0.3) is 0 Å². The molecule has 0 N–H and O–H groups in total. The molecule has 1 rings (SSSR count). The minimum absolute atomic E-state index is 0.683. The maximum atomic E-state index is 10.7. The Morgan fingerprint density at radius 1 is 1.75 bits per heavy atom. The molecule has 1 heterocycles. The Morgan fingerprint density at radius 2 is 2.38 bits per heavy atom.